The van der Waals surface area contributed by atoms with Crippen molar-refractivity contribution in [1.82, 2.24) is 10.6 Å². The van der Waals surface area contributed by atoms with E-state index in [-0.39, 0.29) is 11.6 Å². The van der Waals surface area contributed by atoms with Gasteiger partial charge in [0.05, 0.1) is 0 Å². The predicted octanol–water partition coefficient (Wildman–Crippen LogP) is 3.61. The van der Waals surface area contributed by atoms with E-state index in [2.05, 4.69) is 38.0 Å². The van der Waals surface area contributed by atoms with Crippen molar-refractivity contribution >= 4 is 6.03 Å². The highest BCUT2D eigenvalue weighted by molar-refractivity contribution is 5.74. The van der Waals surface area contributed by atoms with Gasteiger partial charge in [0.1, 0.15) is 0 Å². The average Bonchev–Trinajstić information content (AvgIpc) is 2.27. The summed E-state index contributed by atoms with van der Waals surface area (Å²) < 4.78 is 0. The molecule has 0 aromatic carbocycles. The van der Waals surface area contributed by atoms with Gasteiger partial charge in [-0.25, -0.2) is 4.79 Å². The van der Waals surface area contributed by atoms with Gasteiger partial charge < -0.3 is 10.6 Å². The van der Waals surface area contributed by atoms with Gasteiger partial charge in [-0.15, -0.1) is 6.58 Å². The summed E-state index contributed by atoms with van der Waals surface area (Å²) in [4.78, 5) is 11.8. The first-order chi connectivity index (χ1) is 8.14. The maximum Gasteiger partial charge on any atom is 0.315 e. The highest BCUT2D eigenvalue weighted by Crippen LogP contribution is 2.25. The largest absolute Gasteiger partial charge is 0.335 e. The maximum absolute atomic E-state index is 11.8. The summed E-state index contributed by atoms with van der Waals surface area (Å²) in [6.07, 6.45) is 8.15. The van der Waals surface area contributed by atoms with Crippen LogP contribution in [0.2, 0.25) is 0 Å². The van der Waals surface area contributed by atoms with Gasteiger partial charge in [0.25, 0.3) is 0 Å². The number of nitrogens with one attached hydrogen (secondary N) is 2. The van der Waals surface area contributed by atoms with Gasteiger partial charge >= 0.3 is 6.03 Å². The van der Waals surface area contributed by atoms with Gasteiger partial charge in [0.15, 0.2) is 0 Å². The molecule has 100 valence electrons. The molecule has 0 spiro atoms. The molecule has 0 unspecified atom stereocenters. The third kappa shape index (κ3) is 6.35. The highest BCUT2D eigenvalue weighted by Gasteiger charge is 2.28. The van der Waals surface area contributed by atoms with Crippen LogP contribution in [0.5, 0.6) is 0 Å². The van der Waals surface area contributed by atoms with E-state index in [4.69, 9.17) is 0 Å². The molecule has 0 aliphatic heterocycles. The number of amides is 2. The number of hydrogen-bond acceptors (Lipinski definition) is 1. The zero-order valence-corrected chi connectivity index (χ0v) is 11.6. The first-order valence-electron chi connectivity index (χ1n) is 6.81. The van der Waals surface area contributed by atoms with Crippen LogP contribution in [0.1, 0.15) is 59.3 Å². The van der Waals surface area contributed by atoms with Crippen molar-refractivity contribution in [2.45, 2.75) is 64.8 Å². The average molecular weight is 240 g/mol. The zero-order chi connectivity index (χ0) is 13.1. The van der Waals surface area contributed by atoms with Crippen molar-refractivity contribution in [1.29, 1.82) is 0 Å². The highest BCUT2D eigenvalue weighted by atomic mass is 16.2. The van der Waals surface area contributed by atoms with E-state index in [1.165, 1.54) is 0 Å². The number of hydrogen-bond donors (Lipinski definition) is 2. The molecule has 0 radical (unpaired) electrons. The molecule has 0 saturated heterocycles. The summed E-state index contributed by atoms with van der Waals surface area (Å²) in [5.74, 6) is 0. The predicted molar refractivity (Wildman–Crippen MR) is 74.2 cm³/mol. The smallest absolute Gasteiger partial charge is 0.315 e. The second-order valence-corrected chi connectivity index (χ2v) is 4.65. The summed E-state index contributed by atoms with van der Waals surface area (Å²) in [7, 11) is 0. The fraction of sp³-hybridized carbons (Fsp3) is 0.786. The molecule has 0 rings (SSSR count). The van der Waals surface area contributed by atoms with Crippen molar-refractivity contribution in [3.8, 4) is 0 Å². The normalized spacial score (nSPS) is 11.0. The van der Waals surface area contributed by atoms with Crippen LogP contribution in [0.25, 0.3) is 0 Å². The second-order valence-electron chi connectivity index (χ2n) is 4.65. The molecule has 0 aromatic rings. The summed E-state index contributed by atoms with van der Waals surface area (Å²) in [5.41, 5.74) is -0.0243. The quantitative estimate of drug-likeness (QED) is 0.594. The topological polar surface area (TPSA) is 41.1 Å². The van der Waals surface area contributed by atoms with E-state index in [9.17, 15) is 4.79 Å². The molecule has 0 aromatic heterocycles. The lowest BCUT2D eigenvalue weighted by Gasteiger charge is -2.34. The Morgan fingerprint density at radius 1 is 1.12 bits per heavy atom. The van der Waals surface area contributed by atoms with Gasteiger partial charge in [-0.1, -0.05) is 46.1 Å². The molecule has 0 atom stereocenters. The summed E-state index contributed by atoms with van der Waals surface area (Å²) in [5, 5.41) is 5.96. The standard InChI is InChI=1S/C14H28N2O/c1-5-9-14(10-6-2,11-7-3)16-13(17)15-12-8-4/h8H,4-7,9-12H2,1-3H3,(H2,15,16,17). The molecule has 2 amide bonds. The van der Waals surface area contributed by atoms with Gasteiger partial charge in [0, 0.05) is 12.1 Å². The number of urea groups is 1. The lowest BCUT2D eigenvalue weighted by Crippen LogP contribution is -2.52. The van der Waals surface area contributed by atoms with Gasteiger partial charge in [0.2, 0.25) is 0 Å². The third-order valence-electron chi connectivity index (χ3n) is 2.97. The molecular formula is C14H28N2O. The van der Waals surface area contributed by atoms with E-state index >= 15 is 0 Å². The molecule has 0 heterocycles. The molecule has 0 bridgehead atoms. The SMILES string of the molecule is C=CCNC(=O)NC(CCC)(CCC)CCC. The van der Waals surface area contributed by atoms with Gasteiger partial charge in [-0.2, -0.15) is 0 Å². The Hall–Kier alpha value is -0.990. The van der Waals surface area contributed by atoms with E-state index in [0.29, 0.717) is 6.54 Å². The zero-order valence-electron chi connectivity index (χ0n) is 11.6. The van der Waals surface area contributed by atoms with Crippen LogP contribution < -0.4 is 10.6 Å². The Labute approximate surface area is 106 Å². The van der Waals surface area contributed by atoms with Crippen molar-refractivity contribution in [2.75, 3.05) is 6.54 Å². The molecule has 0 fully saturated rings. The molecule has 0 aliphatic carbocycles. The van der Waals surface area contributed by atoms with Gasteiger partial charge in [-0.3, -0.25) is 0 Å². The number of carbonyl (C=O) groups is 1. The number of rotatable bonds is 9. The van der Waals surface area contributed by atoms with Crippen LogP contribution in [0.4, 0.5) is 4.79 Å². The minimum Gasteiger partial charge on any atom is -0.335 e. The fourth-order valence-electron chi connectivity index (χ4n) is 2.45. The van der Waals surface area contributed by atoms with Crippen LogP contribution in [0.3, 0.4) is 0 Å². The first-order valence-corrected chi connectivity index (χ1v) is 6.81. The minimum absolute atomic E-state index is 0.0243. The van der Waals surface area contributed by atoms with Crippen LogP contribution in [0, 0.1) is 0 Å². The lowest BCUT2D eigenvalue weighted by molar-refractivity contribution is 0.210. The van der Waals surface area contributed by atoms with E-state index in [1.807, 2.05) is 0 Å². The fourth-order valence-corrected chi connectivity index (χ4v) is 2.45. The molecule has 3 nitrogen and oxygen atoms in total. The van der Waals surface area contributed by atoms with Crippen molar-refractivity contribution in [2.24, 2.45) is 0 Å². The lowest BCUT2D eigenvalue weighted by atomic mass is 9.84. The van der Waals surface area contributed by atoms with Crippen molar-refractivity contribution in [3.63, 3.8) is 0 Å². The number of carbonyl (C=O) groups excluding carboxylic acids is 1. The minimum atomic E-state index is -0.0692. The summed E-state index contributed by atoms with van der Waals surface area (Å²) in [6.45, 7) is 10.6. The Bertz CT molecular complexity index is 209. The second kappa shape index (κ2) is 9.08. The maximum atomic E-state index is 11.8. The first kappa shape index (κ1) is 16.0. The van der Waals surface area contributed by atoms with E-state index < -0.39 is 0 Å². The van der Waals surface area contributed by atoms with Crippen molar-refractivity contribution in [3.05, 3.63) is 12.7 Å². The Morgan fingerprint density at radius 2 is 1.59 bits per heavy atom. The van der Waals surface area contributed by atoms with Crippen molar-refractivity contribution < 1.29 is 4.79 Å². The van der Waals surface area contributed by atoms with Gasteiger partial charge in [-0.05, 0) is 19.3 Å². The van der Waals surface area contributed by atoms with Crippen LogP contribution >= 0.6 is 0 Å². The van der Waals surface area contributed by atoms with Crippen LogP contribution in [0.15, 0.2) is 12.7 Å². The molecule has 0 aliphatic rings. The molecule has 2 N–H and O–H groups in total. The van der Waals surface area contributed by atoms with Crippen LogP contribution in [-0.4, -0.2) is 18.1 Å². The Kier molecular flexibility index (Phi) is 8.55. The third-order valence-corrected chi connectivity index (χ3v) is 2.97. The molecular weight excluding hydrogens is 212 g/mol. The van der Waals surface area contributed by atoms with E-state index in [1.54, 1.807) is 6.08 Å². The Morgan fingerprint density at radius 3 is 1.94 bits per heavy atom. The summed E-state index contributed by atoms with van der Waals surface area (Å²) >= 11 is 0. The van der Waals surface area contributed by atoms with Crippen LogP contribution in [-0.2, 0) is 0 Å². The molecule has 3 heteroatoms. The molecule has 17 heavy (non-hydrogen) atoms. The summed E-state index contributed by atoms with van der Waals surface area (Å²) in [6, 6.07) is -0.0692. The Balaban J connectivity index is 4.51. The molecule has 0 saturated carbocycles. The van der Waals surface area contributed by atoms with E-state index in [0.717, 1.165) is 38.5 Å². The monoisotopic (exact) mass is 240 g/mol.